The molecule has 0 saturated carbocycles. The second kappa shape index (κ2) is 13.8. The number of fused-ring (bicyclic) bond motifs is 1. The first-order valence-electron chi connectivity index (χ1n) is 15.7. The zero-order chi connectivity index (χ0) is 33.2. The topological polar surface area (TPSA) is 88.3 Å². The number of aromatic nitrogens is 4. The third-order valence-corrected chi connectivity index (χ3v) is 10.8. The average molecular weight is 681 g/mol. The molecule has 0 amide bonds. The van der Waals surface area contributed by atoms with E-state index in [0.29, 0.717) is 43.6 Å². The maximum atomic E-state index is 14.5. The summed E-state index contributed by atoms with van der Waals surface area (Å²) in [5, 5.41) is 17.2. The fourth-order valence-electron chi connectivity index (χ4n) is 5.91. The Balaban J connectivity index is 1.34. The van der Waals surface area contributed by atoms with E-state index in [0.717, 1.165) is 33.9 Å². The summed E-state index contributed by atoms with van der Waals surface area (Å²) in [4.78, 5) is 15.2. The van der Waals surface area contributed by atoms with E-state index >= 15 is 0 Å². The van der Waals surface area contributed by atoms with Crippen LogP contribution >= 0.6 is 11.3 Å². The van der Waals surface area contributed by atoms with Crippen LogP contribution in [0, 0.1) is 0 Å². The van der Waals surface area contributed by atoms with Gasteiger partial charge in [-0.05, 0) is 24.1 Å². The van der Waals surface area contributed by atoms with E-state index in [1.165, 1.54) is 11.3 Å². The molecule has 6 rings (SSSR count). The van der Waals surface area contributed by atoms with Crippen LogP contribution in [0.4, 0.5) is 19.1 Å². The fourth-order valence-corrected chi connectivity index (χ4v) is 7.30. The first-order valence-corrected chi connectivity index (χ1v) is 20.3. The molecule has 248 valence electrons. The van der Waals surface area contributed by atoms with E-state index in [1.807, 2.05) is 58.5 Å². The minimum atomic E-state index is -4.68. The second-order valence-corrected chi connectivity index (χ2v) is 19.8. The fraction of sp³-hybridized carbons (Fsp3) is 0.382. The number of ether oxygens (including phenoxy) is 1. The average Bonchev–Trinajstić information content (AvgIpc) is 3.67. The Hall–Kier alpha value is -3.62. The lowest BCUT2D eigenvalue weighted by Crippen LogP contribution is -2.48. The van der Waals surface area contributed by atoms with Crippen molar-refractivity contribution in [1.82, 2.24) is 24.4 Å². The molecule has 3 aromatic heterocycles. The van der Waals surface area contributed by atoms with Crippen LogP contribution in [-0.2, 0) is 24.2 Å². The lowest BCUT2D eigenvalue weighted by Gasteiger charge is -2.36. The predicted octanol–water partition coefficient (Wildman–Crippen LogP) is 7.60. The van der Waals surface area contributed by atoms with Crippen LogP contribution in [0.25, 0.3) is 32.7 Å². The molecule has 0 radical (unpaired) electrons. The van der Waals surface area contributed by atoms with Gasteiger partial charge in [-0.2, -0.15) is 13.2 Å². The van der Waals surface area contributed by atoms with Crippen molar-refractivity contribution in [3.63, 3.8) is 0 Å². The molecule has 0 unspecified atom stereocenters. The van der Waals surface area contributed by atoms with E-state index in [4.69, 9.17) is 4.74 Å². The number of rotatable bonds is 11. The number of anilines is 1. The normalized spacial score (nSPS) is 17.8. The Morgan fingerprint density at radius 2 is 1.89 bits per heavy atom. The van der Waals surface area contributed by atoms with Crippen LogP contribution in [0.15, 0.2) is 72.5 Å². The van der Waals surface area contributed by atoms with Gasteiger partial charge >= 0.3 is 6.18 Å². The number of hydrogen-bond donors (Lipinski definition) is 2. The summed E-state index contributed by atoms with van der Waals surface area (Å²) >= 11 is 1.50. The van der Waals surface area contributed by atoms with Crippen molar-refractivity contribution in [3.05, 3.63) is 83.6 Å². The predicted molar refractivity (Wildman–Crippen MR) is 183 cm³/mol. The number of aliphatic hydroxyl groups is 1. The summed E-state index contributed by atoms with van der Waals surface area (Å²) in [5.74, 6) is 0.0819. The van der Waals surface area contributed by atoms with Gasteiger partial charge in [-0.15, -0.1) is 11.3 Å². The minimum Gasteiger partial charge on any atom is -0.392 e. The molecular formula is C34H39F3N6O2SSi. The summed E-state index contributed by atoms with van der Waals surface area (Å²) in [6, 6.07) is 16.3. The maximum Gasteiger partial charge on any atom is 0.419 e. The molecule has 1 saturated heterocycles. The number of halogens is 3. The smallest absolute Gasteiger partial charge is 0.392 e. The molecule has 4 heterocycles. The van der Waals surface area contributed by atoms with Crippen LogP contribution in [0.3, 0.4) is 0 Å². The molecule has 1 aliphatic rings. The van der Waals surface area contributed by atoms with E-state index in [2.05, 4.69) is 44.8 Å². The molecule has 0 aliphatic carbocycles. The number of thiazole rings is 1. The Morgan fingerprint density at radius 1 is 1.09 bits per heavy atom. The first kappa shape index (κ1) is 33.3. The minimum absolute atomic E-state index is 0.0819. The maximum absolute atomic E-state index is 14.5. The van der Waals surface area contributed by atoms with Gasteiger partial charge in [0, 0.05) is 80.8 Å². The largest absolute Gasteiger partial charge is 0.419 e. The standard InChI is InChI=1S/C34H39F3N6O2SSi/c1-47(2,3)14-12-45-22-43-21-28(27-10-9-24(15-30(27)43)32-38-11-13-46-32)31-29(34(35,36)37)17-39-33(41-31)40-25-16-26(44)20-42(19-25)18-23-7-5-4-6-8-23/h4-11,13,15,17,21,25-26,44H,12,14,16,18-20,22H2,1-3H3,(H,39,40,41)/t25-,26+/m0/s1. The quantitative estimate of drug-likeness (QED) is 0.110. The van der Waals surface area contributed by atoms with Gasteiger partial charge in [0.15, 0.2) is 0 Å². The zero-order valence-corrected chi connectivity index (χ0v) is 28.5. The zero-order valence-electron chi connectivity index (χ0n) is 26.7. The van der Waals surface area contributed by atoms with E-state index in [1.54, 1.807) is 12.4 Å². The Morgan fingerprint density at radius 3 is 2.62 bits per heavy atom. The molecule has 1 fully saturated rings. The number of likely N-dealkylation sites (tertiary alicyclic amines) is 1. The molecule has 0 spiro atoms. The molecular weight excluding hydrogens is 642 g/mol. The number of benzene rings is 2. The monoisotopic (exact) mass is 680 g/mol. The van der Waals surface area contributed by atoms with Gasteiger partial charge in [0.2, 0.25) is 5.95 Å². The van der Waals surface area contributed by atoms with E-state index < -0.39 is 25.9 Å². The molecule has 47 heavy (non-hydrogen) atoms. The molecule has 13 heteroatoms. The van der Waals surface area contributed by atoms with Crippen LogP contribution in [-0.4, -0.2) is 69.4 Å². The summed E-state index contributed by atoms with van der Waals surface area (Å²) in [5.41, 5.74) is 1.94. The van der Waals surface area contributed by atoms with Gasteiger partial charge in [-0.25, -0.2) is 15.0 Å². The number of β-amino-alcohol motifs (C(OH)–C–C–N with tert-alkyl or cyclic N) is 1. The van der Waals surface area contributed by atoms with Crippen molar-refractivity contribution >= 4 is 36.3 Å². The highest BCUT2D eigenvalue weighted by atomic mass is 32.1. The van der Waals surface area contributed by atoms with Gasteiger partial charge < -0.3 is 19.7 Å². The first-order chi connectivity index (χ1) is 22.4. The molecule has 8 nitrogen and oxygen atoms in total. The van der Waals surface area contributed by atoms with Crippen molar-refractivity contribution in [2.24, 2.45) is 0 Å². The Bertz CT molecular complexity index is 1790. The summed E-state index contributed by atoms with van der Waals surface area (Å²) in [7, 11) is -1.33. The SMILES string of the molecule is C[Si](C)(C)CCOCn1cc(-c2nc(N[C@H]3C[C@@H](O)CN(Cc4ccccc4)C3)ncc2C(F)(F)F)c2ccc(-c3nccs3)cc21. The molecule has 2 N–H and O–H groups in total. The highest BCUT2D eigenvalue weighted by Gasteiger charge is 2.37. The number of nitrogens with one attached hydrogen (secondary N) is 1. The lowest BCUT2D eigenvalue weighted by atomic mass is 10.0. The van der Waals surface area contributed by atoms with Crippen molar-refractivity contribution in [2.45, 2.75) is 63.7 Å². The van der Waals surface area contributed by atoms with E-state index in [9.17, 15) is 18.3 Å². The number of aliphatic hydroxyl groups excluding tert-OH is 1. The number of piperidine rings is 1. The van der Waals surface area contributed by atoms with Gasteiger partial charge in [0.05, 0.1) is 17.3 Å². The number of alkyl halides is 3. The number of hydrogen-bond acceptors (Lipinski definition) is 8. The molecule has 1 aliphatic heterocycles. The van der Waals surface area contributed by atoms with Crippen molar-refractivity contribution < 1.29 is 23.0 Å². The molecule has 2 atom stereocenters. The lowest BCUT2D eigenvalue weighted by molar-refractivity contribution is -0.137. The highest BCUT2D eigenvalue weighted by Crippen LogP contribution is 2.40. The van der Waals surface area contributed by atoms with Crippen molar-refractivity contribution in [3.8, 4) is 21.8 Å². The Labute approximate surface area is 277 Å². The molecule has 5 aromatic rings. The van der Waals surface area contributed by atoms with Crippen LogP contribution in [0.5, 0.6) is 0 Å². The summed E-state index contributed by atoms with van der Waals surface area (Å²) < 4.78 is 51.3. The Kier molecular flexibility index (Phi) is 9.81. The van der Waals surface area contributed by atoms with Crippen LogP contribution in [0.2, 0.25) is 25.7 Å². The summed E-state index contributed by atoms with van der Waals surface area (Å²) in [6.07, 6.45) is -0.569. The van der Waals surface area contributed by atoms with Gasteiger partial charge in [-0.1, -0.05) is 62.1 Å². The molecule has 2 aromatic carbocycles. The van der Waals surface area contributed by atoms with Crippen LogP contribution in [0.1, 0.15) is 17.5 Å². The van der Waals surface area contributed by atoms with Gasteiger partial charge in [0.1, 0.15) is 17.3 Å². The van der Waals surface area contributed by atoms with Gasteiger partial charge in [0.25, 0.3) is 0 Å². The van der Waals surface area contributed by atoms with Crippen LogP contribution < -0.4 is 5.32 Å². The third-order valence-electron chi connectivity index (χ3n) is 8.22. The molecule has 0 bridgehead atoms. The van der Waals surface area contributed by atoms with Crippen molar-refractivity contribution in [2.75, 3.05) is 25.0 Å². The highest BCUT2D eigenvalue weighted by molar-refractivity contribution is 7.13. The third kappa shape index (κ3) is 8.27. The number of nitrogens with zero attached hydrogens (tertiary/aromatic N) is 5. The van der Waals surface area contributed by atoms with E-state index in [-0.39, 0.29) is 24.4 Å². The van der Waals surface area contributed by atoms with Gasteiger partial charge in [-0.3, -0.25) is 4.90 Å². The second-order valence-electron chi connectivity index (χ2n) is 13.3. The van der Waals surface area contributed by atoms with Crippen molar-refractivity contribution in [1.29, 1.82) is 0 Å². The summed E-state index contributed by atoms with van der Waals surface area (Å²) in [6.45, 7) is 9.32.